The second-order valence-electron chi connectivity index (χ2n) is 4.25. The van der Waals surface area contributed by atoms with Crippen molar-refractivity contribution in [3.05, 3.63) is 19.9 Å². The Hall–Kier alpha value is -1.28. The Balaban J connectivity index is 3.23. The van der Waals surface area contributed by atoms with Crippen molar-refractivity contribution < 1.29 is 19.1 Å². The predicted molar refractivity (Wildman–Crippen MR) is 80.6 cm³/mol. The minimum atomic E-state index is -0.533. The monoisotopic (exact) mass is 318 g/mol. The summed E-state index contributed by atoms with van der Waals surface area (Å²) < 4.78 is 10.3. The second-order valence-corrected chi connectivity index (χ2v) is 6.55. The van der Waals surface area contributed by atoms with Gasteiger partial charge in [-0.3, -0.25) is 0 Å². The van der Waals surface area contributed by atoms with Gasteiger partial charge in [-0.05, 0) is 0 Å². The summed E-state index contributed by atoms with van der Waals surface area (Å²) in [6.45, 7) is 0. The molecule has 0 bridgehead atoms. The van der Waals surface area contributed by atoms with Gasteiger partial charge < -0.3 is 19.3 Å². The van der Waals surface area contributed by atoms with E-state index in [-0.39, 0.29) is 9.81 Å². The van der Waals surface area contributed by atoms with E-state index in [1.165, 1.54) is 37.7 Å². The van der Waals surface area contributed by atoms with E-state index in [2.05, 4.69) is 0 Å². The van der Waals surface area contributed by atoms with Crippen molar-refractivity contribution in [1.82, 2.24) is 9.80 Å². The average molecular weight is 318 g/mol. The Morgan fingerprint density at radius 3 is 1.45 bits per heavy atom. The molecule has 0 saturated carbocycles. The summed E-state index contributed by atoms with van der Waals surface area (Å²) in [6, 6.07) is 0. The predicted octanol–water partition coefficient (Wildman–Crippen LogP) is 1.27. The SMILES string of the molecule is COC(=O)C1=C(C(=O)OC)SC(=C(N(C)C)N(C)C)S1. The van der Waals surface area contributed by atoms with Gasteiger partial charge >= 0.3 is 11.9 Å². The van der Waals surface area contributed by atoms with Gasteiger partial charge in [-0.25, -0.2) is 9.59 Å². The summed E-state index contributed by atoms with van der Waals surface area (Å²) in [5.74, 6) is -0.162. The lowest BCUT2D eigenvalue weighted by atomic mass is 10.5. The highest BCUT2D eigenvalue weighted by atomic mass is 32.2. The molecule has 0 unspecified atom stereocenters. The number of nitrogens with zero attached hydrogens (tertiary/aromatic N) is 2. The van der Waals surface area contributed by atoms with Gasteiger partial charge in [0.2, 0.25) is 0 Å². The van der Waals surface area contributed by atoms with Crippen molar-refractivity contribution in [2.24, 2.45) is 0 Å². The fraction of sp³-hybridized carbons (Fsp3) is 0.500. The number of rotatable bonds is 4. The lowest BCUT2D eigenvalue weighted by molar-refractivity contribution is -0.138. The highest BCUT2D eigenvalue weighted by molar-refractivity contribution is 8.29. The molecule has 1 heterocycles. The molecule has 0 aliphatic carbocycles. The summed E-state index contributed by atoms with van der Waals surface area (Å²) in [5.41, 5.74) is 0. The van der Waals surface area contributed by atoms with Gasteiger partial charge in [-0.15, -0.1) is 0 Å². The van der Waals surface area contributed by atoms with Crippen LogP contribution in [0.1, 0.15) is 0 Å². The van der Waals surface area contributed by atoms with Gasteiger partial charge in [0, 0.05) is 28.2 Å². The van der Waals surface area contributed by atoms with E-state index in [0.29, 0.717) is 0 Å². The second kappa shape index (κ2) is 6.94. The lowest BCUT2D eigenvalue weighted by Crippen LogP contribution is -2.25. The summed E-state index contributed by atoms with van der Waals surface area (Å²) in [4.78, 5) is 27.9. The molecule has 1 rings (SSSR count). The number of carbonyl (C=O) groups is 2. The topological polar surface area (TPSA) is 59.1 Å². The minimum Gasteiger partial charge on any atom is -0.465 e. The quantitative estimate of drug-likeness (QED) is 0.718. The van der Waals surface area contributed by atoms with Gasteiger partial charge in [0.1, 0.15) is 15.6 Å². The molecule has 20 heavy (non-hydrogen) atoms. The third-order valence-corrected chi connectivity index (χ3v) is 4.88. The van der Waals surface area contributed by atoms with E-state index in [9.17, 15) is 9.59 Å². The molecule has 0 aromatic heterocycles. The molecule has 0 aromatic carbocycles. The summed E-state index contributed by atoms with van der Waals surface area (Å²) in [7, 11) is 10.2. The number of hydrogen-bond donors (Lipinski definition) is 0. The maximum absolute atomic E-state index is 11.8. The molecule has 0 saturated heterocycles. The molecule has 0 radical (unpaired) electrons. The van der Waals surface area contributed by atoms with Gasteiger partial charge in [-0.1, -0.05) is 23.5 Å². The zero-order valence-corrected chi connectivity index (χ0v) is 14.0. The third-order valence-electron chi connectivity index (χ3n) is 2.37. The van der Waals surface area contributed by atoms with Crippen LogP contribution in [-0.4, -0.2) is 64.1 Å². The minimum absolute atomic E-state index is 0.264. The maximum atomic E-state index is 11.8. The highest BCUT2D eigenvalue weighted by Gasteiger charge is 2.34. The van der Waals surface area contributed by atoms with Gasteiger partial charge in [0.25, 0.3) is 0 Å². The van der Waals surface area contributed by atoms with Gasteiger partial charge in [0.15, 0.2) is 0 Å². The highest BCUT2D eigenvalue weighted by Crippen LogP contribution is 2.51. The van der Waals surface area contributed by atoms with E-state index in [4.69, 9.17) is 9.47 Å². The Kier molecular flexibility index (Phi) is 5.82. The number of methoxy groups -OCH3 is 2. The van der Waals surface area contributed by atoms with Crippen molar-refractivity contribution in [1.29, 1.82) is 0 Å². The molecule has 0 atom stereocenters. The number of hydrogen-bond acceptors (Lipinski definition) is 8. The molecule has 6 nitrogen and oxygen atoms in total. The Labute approximate surface area is 127 Å². The van der Waals surface area contributed by atoms with E-state index in [1.54, 1.807) is 0 Å². The van der Waals surface area contributed by atoms with Crippen molar-refractivity contribution in [2.45, 2.75) is 0 Å². The van der Waals surface area contributed by atoms with Crippen LogP contribution in [0.3, 0.4) is 0 Å². The van der Waals surface area contributed by atoms with Crippen LogP contribution in [0.4, 0.5) is 0 Å². The molecule has 0 N–H and O–H groups in total. The van der Waals surface area contributed by atoms with Crippen LogP contribution >= 0.6 is 23.5 Å². The average Bonchev–Trinajstić information content (AvgIpc) is 2.80. The zero-order chi connectivity index (χ0) is 15.4. The molecule has 0 fully saturated rings. The largest absolute Gasteiger partial charge is 0.465 e. The molecule has 1 aliphatic heterocycles. The van der Waals surface area contributed by atoms with Crippen molar-refractivity contribution in [2.75, 3.05) is 42.4 Å². The first kappa shape index (κ1) is 16.8. The van der Waals surface area contributed by atoms with Crippen molar-refractivity contribution in [3.63, 3.8) is 0 Å². The number of esters is 2. The van der Waals surface area contributed by atoms with Gasteiger partial charge in [0.05, 0.1) is 18.5 Å². The van der Waals surface area contributed by atoms with Crippen molar-refractivity contribution >= 4 is 35.5 Å². The van der Waals surface area contributed by atoms with Crippen molar-refractivity contribution in [3.8, 4) is 0 Å². The Morgan fingerprint density at radius 1 is 0.850 bits per heavy atom. The fourth-order valence-corrected chi connectivity index (χ4v) is 4.50. The fourth-order valence-electron chi connectivity index (χ4n) is 1.61. The van der Waals surface area contributed by atoms with Gasteiger partial charge in [-0.2, -0.15) is 0 Å². The molecule has 1 aliphatic rings. The third kappa shape index (κ3) is 3.43. The van der Waals surface area contributed by atoms with E-state index in [0.717, 1.165) is 10.1 Å². The van der Waals surface area contributed by atoms with E-state index in [1.807, 2.05) is 38.0 Å². The number of ether oxygens (including phenoxy) is 2. The van der Waals surface area contributed by atoms with E-state index < -0.39 is 11.9 Å². The smallest absolute Gasteiger partial charge is 0.346 e. The van der Waals surface area contributed by atoms with Crippen LogP contribution in [0.2, 0.25) is 0 Å². The molecule has 8 heteroatoms. The van der Waals surface area contributed by atoms with Crippen LogP contribution in [0.25, 0.3) is 0 Å². The van der Waals surface area contributed by atoms with Crippen LogP contribution < -0.4 is 0 Å². The maximum Gasteiger partial charge on any atom is 0.346 e. The Bertz CT molecular complexity index is 444. The molecule has 0 aromatic rings. The molecule has 112 valence electrons. The normalized spacial score (nSPS) is 14.2. The first-order valence-electron chi connectivity index (χ1n) is 5.69. The molecule has 0 spiro atoms. The molecular formula is C12H18N2O4S2. The van der Waals surface area contributed by atoms with Crippen LogP contribution in [0.15, 0.2) is 19.9 Å². The summed E-state index contributed by atoms with van der Waals surface area (Å²) in [6.07, 6.45) is 0. The Morgan fingerprint density at radius 2 is 1.20 bits per heavy atom. The summed E-state index contributed by atoms with van der Waals surface area (Å²) in [5, 5.41) is 0. The standard InChI is InChI=1S/C12H18N2O4S2/c1-13(2)9(14(3)4)12-19-7(10(15)17-5)8(20-12)11(16)18-6/h1-6H3. The first-order valence-corrected chi connectivity index (χ1v) is 7.32. The van der Waals surface area contributed by atoms with Crippen LogP contribution in [0.5, 0.6) is 0 Å². The van der Waals surface area contributed by atoms with Crippen LogP contribution in [-0.2, 0) is 19.1 Å². The molecule has 0 amide bonds. The number of thioether (sulfide) groups is 2. The number of carbonyl (C=O) groups excluding carboxylic acids is 2. The zero-order valence-electron chi connectivity index (χ0n) is 12.3. The van der Waals surface area contributed by atoms with Crippen LogP contribution in [0, 0.1) is 0 Å². The molecular weight excluding hydrogens is 300 g/mol. The van der Waals surface area contributed by atoms with E-state index >= 15 is 0 Å². The lowest BCUT2D eigenvalue weighted by Gasteiger charge is -2.26. The summed E-state index contributed by atoms with van der Waals surface area (Å²) >= 11 is 2.45. The first-order chi connectivity index (χ1) is 9.33.